The van der Waals surface area contributed by atoms with Gasteiger partial charge < -0.3 is 10.4 Å². The molecule has 1 fully saturated rings. The molecule has 0 radical (unpaired) electrons. The first-order valence-electron chi connectivity index (χ1n) is 6.40. The lowest BCUT2D eigenvalue weighted by atomic mass is 9.80. The number of carboxylic acid groups (broad SMARTS) is 1. The van der Waals surface area contributed by atoms with E-state index in [1.54, 1.807) is 0 Å². The highest BCUT2D eigenvalue weighted by molar-refractivity contribution is 7.15. The minimum absolute atomic E-state index is 0.455. The molecule has 0 spiro atoms. The Labute approximate surface area is 111 Å². The number of aromatic nitrogens is 2. The maximum Gasteiger partial charge on any atom is 0.311 e. The number of nitrogens with one attached hydrogen (secondary N) is 1. The van der Waals surface area contributed by atoms with Crippen LogP contribution in [0.4, 0.5) is 5.13 Å². The van der Waals surface area contributed by atoms with Crippen LogP contribution in [-0.4, -0.2) is 27.8 Å². The number of nitrogens with zero attached hydrogens (tertiary/aromatic N) is 2. The molecule has 0 atom stereocenters. The van der Waals surface area contributed by atoms with Crippen LogP contribution in [0.25, 0.3) is 0 Å². The van der Waals surface area contributed by atoms with Gasteiger partial charge in [0.05, 0.1) is 5.41 Å². The fraction of sp³-hybridized carbons (Fsp3) is 0.750. The lowest BCUT2D eigenvalue weighted by molar-refractivity contribution is -0.149. The third-order valence-electron chi connectivity index (χ3n) is 3.62. The Balaban J connectivity index is 2.03. The van der Waals surface area contributed by atoms with Crippen molar-refractivity contribution in [3.63, 3.8) is 0 Å². The van der Waals surface area contributed by atoms with Crippen molar-refractivity contribution in [1.29, 1.82) is 0 Å². The fourth-order valence-corrected chi connectivity index (χ4v) is 3.07. The van der Waals surface area contributed by atoms with Crippen LogP contribution in [0.3, 0.4) is 0 Å². The SMILES string of the molecule is Cc1nnc(NCC2(C(=O)O)CCCCCC2)s1. The number of aliphatic carboxylic acids is 1. The van der Waals surface area contributed by atoms with Crippen molar-refractivity contribution in [2.75, 3.05) is 11.9 Å². The Morgan fingerprint density at radius 2 is 2.00 bits per heavy atom. The van der Waals surface area contributed by atoms with Crippen molar-refractivity contribution in [3.05, 3.63) is 5.01 Å². The zero-order valence-corrected chi connectivity index (χ0v) is 11.4. The van der Waals surface area contributed by atoms with Gasteiger partial charge in [0.25, 0.3) is 0 Å². The van der Waals surface area contributed by atoms with Gasteiger partial charge in [0.15, 0.2) is 0 Å². The van der Waals surface area contributed by atoms with Crippen LogP contribution in [0.5, 0.6) is 0 Å². The van der Waals surface area contributed by atoms with Gasteiger partial charge in [0.2, 0.25) is 5.13 Å². The van der Waals surface area contributed by atoms with E-state index in [-0.39, 0.29) is 0 Å². The smallest absolute Gasteiger partial charge is 0.311 e. The van der Waals surface area contributed by atoms with E-state index in [0.717, 1.165) is 48.7 Å². The summed E-state index contributed by atoms with van der Waals surface area (Å²) >= 11 is 1.47. The molecule has 0 amide bonds. The van der Waals surface area contributed by atoms with Crippen molar-refractivity contribution in [1.82, 2.24) is 10.2 Å². The molecule has 18 heavy (non-hydrogen) atoms. The van der Waals surface area contributed by atoms with Crippen molar-refractivity contribution < 1.29 is 9.90 Å². The number of anilines is 1. The molecule has 0 unspecified atom stereocenters. The average molecular weight is 269 g/mol. The summed E-state index contributed by atoms with van der Waals surface area (Å²) in [5.41, 5.74) is -0.629. The maximum absolute atomic E-state index is 11.6. The van der Waals surface area contributed by atoms with Crippen molar-refractivity contribution in [2.24, 2.45) is 5.41 Å². The molecule has 2 rings (SSSR count). The van der Waals surface area contributed by atoms with E-state index in [1.807, 2.05) is 6.92 Å². The predicted octanol–water partition coefficient (Wildman–Crippen LogP) is 2.68. The molecule has 5 nitrogen and oxygen atoms in total. The summed E-state index contributed by atoms with van der Waals surface area (Å²) in [4.78, 5) is 11.6. The normalized spacial score (nSPS) is 19.2. The van der Waals surface area contributed by atoms with Crippen LogP contribution in [0.2, 0.25) is 0 Å². The van der Waals surface area contributed by atoms with Crippen LogP contribution in [0.1, 0.15) is 43.5 Å². The van der Waals surface area contributed by atoms with Gasteiger partial charge in [0.1, 0.15) is 5.01 Å². The van der Waals surface area contributed by atoms with Gasteiger partial charge in [-0.1, -0.05) is 37.0 Å². The standard InChI is InChI=1S/C12H19N3O2S/c1-9-14-15-11(18-9)13-8-12(10(16)17)6-4-2-3-5-7-12/h2-8H2,1H3,(H,13,15)(H,16,17). The summed E-state index contributed by atoms with van der Waals surface area (Å²) in [6.45, 7) is 2.35. The van der Waals surface area contributed by atoms with Gasteiger partial charge in [-0.15, -0.1) is 10.2 Å². The molecule has 0 aromatic carbocycles. The van der Waals surface area contributed by atoms with Gasteiger partial charge in [-0.05, 0) is 19.8 Å². The number of carboxylic acids is 1. The van der Waals surface area contributed by atoms with E-state index in [4.69, 9.17) is 0 Å². The number of hydrogen-bond donors (Lipinski definition) is 2. The Kier molecular flexibility index (Phi) is 4.16. The summed E-state index contributed by atoms with van der Waals surface area (Å²) < 4.78 is 0. The van der Waals surface area contributed by atoms with Crippen LogP contribution in [0.15, 0.2) is 0 Å². The topological polar surface area (TPSA) is 75.1 Å². The number of rotatable bonds is 4. The first-order chi connectivity index (χ1) is 8.62. The molecule has 100 valence electrons. The second-order valence-corrected chi connectivity index (χ2v) is 6.16. The average Bonchev–Trinajstić information content (AvgIpc) is 2.62. The molecule has 6 heteroatoms. The lowest BCUT2D eigenvalue weighted by Gasteiger charge is -2.27. The maximum atomic E-state index is 11.6. The van der Waals surface area contributed by atoms with Crippen molar-refractivity contribution in [3.8, 4) is 0 Å². The van der Waals surface area contributed by atoms with Crippen LogP contribution in [0, 0.1) is 12.3 Å². The van der Waals surface area contributed by atoms with E-state index >= 15 is 0 Å². The zero-order chi connectivity index (χ0) is 13.0. The van der Waals surface area contributed by atoms with E-state index in [1.165, 1.54) is 11.3 Å². The molecule has 1 aliphatic carbocycles. The third-order valence-corrected chi connectivity index (χ3v) is 4.41. The second kappa shape index (κ2) is 5.65. The summed E-state index contributed by atoms with van der Waals surface area (Å²) in [5, 5.41) is 22.2. The van der Waals surface area contributed by atoms with Gasteiger partial charge in [0, 0.05) is 6.54 Å². The lowest BCUT2D eigenvalue weighted by Crippen LogP contribution is -2.37. The van der Waals surface area contributed by atoms with Gasteiger partial charge in [-0.25, -0.2) is 0 Å². The number of carbonyl (C=O) groups is 1. The van der Waals surface area contributed by atoms with E-state index in [9.17, 15) is 9.90 Å². The highest BCUT2D eigenvalue weighted by Gasteiger charge is 2.38. The van der Waals surface area contributed by atoms with Gasteiger partial charge in [-0.3, -0.25) is 4.79 Å². The van der Waals surface area contributed by atoms with E-state index in [0.29, 0.717) is 6.54 Å². The van der Waals surface area contributed by atoms with Crippen molar-refractivity contribution in [2.45, 2.75) is 45.4 Å². The molecule has 1 aromatic heterocycles. The molecule has 0 bridgehead atoms. The third kappa shape index (κ3) is 2.98. The summed E-state index contributed by atoms with van der Waals surface area (Å²) in [5.74, 6) is -0.682. The minimum atomic E-state index is -0.682. The highest BCUT2D eigenvalue weighted by Crippen LogP contribution is 2.35. The molecular weight excluding hydrogens is 250 g/mol. The molecule has 1 aromatic rings. The fourth-order valence-electron chi connectivity index (χ4n) is 2.48. The van der Waals surface area contributed by atoms with Gasteiger partial charge >= 0.3 is 5.97 Å². The molecule has 0 aliphatic heterocycles. The number of aryl methyl sites for hydroxylation is 1. The molecule has 1 aliphatic rings. The van der Waals surface area contributed by atoms with Gasteiger partial charge in [-0.2, -0.15) is 0 Å². The van der Waals surface area contributed by atoms with E-state index in [2.05, 4.69) is 15.5 Å². The largest absolute Gasteiger partial charge is 0.481 e. The molecule has 2 N–H and O–H groups in total. The predicted molar refractivity (Wildman–Crippen MR) is 70.9 cm³/mol. The zero-order valence-electron chi connectivity index (χ0n) is 10.6. The Morgan fingerprint density at radius 1 is 1.33 bits per heavy atom. The monoisotopic (exact) mass is 269 g/mol. The quantitative estimate of drug-likeness (QED) is 0.822. The second-order valence-electron chi connectivity index (χ2n) is 4.98. The van der Waals surface area contributed by atoms with Crippen molar-refractivity contribution >= 4 is 22.4 Å². The molecule has 0 saturated heterocycles. The van der Waals surface area contributed by atoms with Crippen LogP contribution in [-0.2, 0) is 4.79 Å². The summed E-state index contributed by atoms with van der Waals surface area (Å²) in [7, 11) is 0. The highest BCUT2D eigenvalue weighted by atomic mass is 32.1. The first kappa shape index (κ1) is 13.3. The summed E-state index contributed by atoms with van der Waals surface area (Å²) in [6, 6.07) is 0. The first-order valence-corrected chi connectivity index (χ1v) is 7.21. The van der Waals surface area contributed by atoms with Crippen LogP contribution < -0.4 is 5.32 Å². The Morgan fingerprint density at radius 3 is 2.50 bits per heavy atom. The summed E-state index contributed by atoms with van der Waals surface area (Å²) in [6.07, 6.45) is 5.81. The van der Waals surface area contributed by atoms with E-state index < -0.39 is 11.4 Å². The molecule has 1 saturated carbocycles. The Hall–Kier alpha value is -1.17. The Bertz CT molecular complexity index is 411. The minimum Gasteiger partial charge on any atom is -0.481 e. The van der Waals surface area contributed by atoms with Crippen LogP contribution >= 0.6 is 11.3 Å². The molecule has 1 heterocycles. The molecular formula is C12H19N3O2S. The number of hydrogen-bond acceptors (Lipinski definition) is 5.